The van der Waals surface area contributed by atoms with Crippen molar-refractivity contribution >= 4 is 33.6 Å². The number of H-pyrrole nitrogens is 1. The van der Waals surface area contributed by atoms with E-state index in [1.54, 1.807) is 0 Å². The van der Waals surface area contributed by atoms with E-state index in [0.29, 0.717) is 18.1 Å². The summed E-state index contributed by atoms with van der Waals surface area (Å²) in [7, 11) is 0. The van der Waals surface area contributed by atoms with Crippen LogP contribution in [0.3, 0.4) is 0 Å². The Kier molecular flexibility index (Phi) is 5.19. The normalized spacial score (nSPS) is 10.6. The summed E-state index contributed by atoms with van der Waals surface area (Å²) >= 11 is 5.04. The SMILES string of the molecule is Cc1cc(SCC(=O)NCc2ncn[nH]2)c(C)cc1Br. The molecule has 0 bridgehead atoms. The molecule has 0 radical (unpaired) electrons. The number of carbonyl (C=O) groups is 1. The maximum absolute atomic E-state index is 11.8. The van der Waals surface area contributed by atoms with Crippen molar-refractivity contribution in [1.82, 2.24) is 20.5 Å². The third-order valence-electron chi connectivity index (χ3n) is 2.73. The van der Waals surface area contributed by atoms with E-state index in [2.05, 4.69) is 48.6 Å². The molecule has 0 saturated heterocycles. The molecule has 7 heteroatoms. The lowest BCUT2D eigenvalue weighted by molar-refractivity contribution is -0.118. The number of amides is 1. The first-order chi connectivity index (χ1) is 9.56. The lowest BCUT2D eigenvalue weighted by Gasteiger charge is -2.08. The Balaban J connectivity index is 1.85. The van der Waals surface area contributed by atoms with Crippen LogP contribution < -0.4 is 5.32 Å². The number of aromatic amines is 1. The van der Waals surface area contributed by atoms with Crippen LogP contribution in [0.4, 0.5) is 0 Å². The molecule has 1 heterocycles. The first-order valence-electron chi connectivity index (χ1n) is 6.06. The Morgan fingerprint density at radius 2 is 2.20 bits per heavy atom. The topological polar surface area (TPSA) is 70.7 Å². The molecular weight excluding hydrogens is 340 g/mol. The molecular formula is C13H15BrN4OS. The Bertz CT molecular complexity index is 601. The van der Waals surface area contributed by atoms with E-state index in [1.807, 2.05) is 13.8 Å². The number of hydrogen-bond donors (Lipinski definition) is 2. The lowest BCUT2D eigenvalue weighted by Crippen LogP contribution is -2.25. The second-order valence-electron chi connectivity index (χ2n) is 4.36. The Morgan fingerprint density at radius 1 is 1.40 bits per heavy atom. The smallest absolute Gasteiger partial charge is 0.230 e. The Morgan fingerprint density at radius 3 is 2.90 bits per heavy atom. The van der Waals surface area contributed by atoms with Crippen molar-refractivity contribution in [3.8, 4) is 0 Å². The molecule has 0 unspecified atom stereocenters. The van der Waals surface area contributed by atoms with Gasteiger partial charge in [0.05, 0.1) is 12.3 Å². The van der Waals surface area contributed by atoms with Gasteiger partial charge in [0.15, 0.2) is 0 Å². The van der Waals surface area contributed by atoms with Crippen LogP contribution in [0.5, 0.6) is 0 Å². The van der Waals surface area contributed by atoms with E-state index < -0.39 is 0 Å². The van der Waals surface area contributed by atoms with E-state index in [4.69, 9.17) is 0 Å². The van der Waals surface area contributed by atoms with E-state index in [-0.39, 0.29) is 5.91 Å². The monoisotopic (exact) mass is 354 g/mol. The zero-order chi connectivity index (χ0) is 14.5. The van der Waals surface area contributed by atoms with E-state index in [1.165, 1.54) is 23.7 Å². The van der Waals surface area contributed by atoms with Gasteiger partial charge in [0.2, 0.25) is 5.91 Å². The average molecular weight is 355 g/mol. The Hall–Kier alpha value is -1.34. The molecule has 1 aromatic carbocycles. The summed E-state index contributed by atoms with van der Waals surface area (Å²) in [5, 5.41) is 9.23. The van der Waals surface area contributed by atoms with Crippen LogP contribution in [0.25, 0.3) is 0 Å². The molecule has 5 nitrogen and oxygen atoms in total. The fourth-order valence-corrected chi connectivity index (χ4v) is 3.00. The summed E-state index contributed by atoms with van der Waals surface area (Å²) in [5.74, 6) is 1.01. The number of aryl methyl sites for hydroxylation is 2. The average Bonchev–Trinajstić information content (AvgIpc) is 2.92. The summed E-state index contributed by atoms with van der Waals surface area (Å²) < 4.78 is 1.09. The summed E-state index contributed by atoms with van der Waals surface area (Å²) in [6.45, 7) is 4.45. The van der Waals surface area contributed by atoms with Gasteiger partial charge in [0.25, 0.3) is 0 Å². The van der Waals surface area contributed by atoms with Gasteiger partial charge in [-0.2, -0.15) is 5.10 Å². The lowest BCUT2D eigenvalue weighted by atomic mass is 10.2. The zero-order valence-electron chi connectivity index (χ0n) is 11.2. The summed E-state index contributed by atoms with van der Waals surface area (Å²) in [5.41, 5.74) is 2.33. The van der Waals surface area contributed by atoms with E-state index >= 15 is 0 Å². The van der Waals surface area contributed by atoms with Crippen LogP contribution in [-0.2, 0) is 11.3 Å². The molecule has 0 saturated carbocycles. The maximum Gasteiger partial charge on any atom is 0.230 e. The van der Waals surface area contributed by atoms with Gasteiger partial charge < -0.3 is 5.32 Å². The molecule has 0 atom stereocenters. The van der Waals surface area contributed by atoms with Crippen molar-refractivity contribution in [1.29, 1.82) is 0 Å². The number of aromatic nitrogens is 3. The number of benzene rings is 1. The molecule has 1 aromatic heterocycles. The van der Waals surface area contributed by atoms with Crippen molar-refractivity contribution in [2.75, 3.05) is 5.75 Å². The van der Waals surface area contributed by atoms with Gasteiger partial charge in [-0.15, -0.1) is 11.8 Å². The molecule has 20 heavy (non-hydrogen) atoms. The standard InChI is InChI=1S/C13H15BrN4OS/c1-8-4-11(9(2)3-10(8)14)20-6-13(19)15-5-12-16-7-17-18-12/h3-4,7H,5-6H2,1-2H3,(H,15,19)(H,16,17,18). The molecule has 0 aliphatic heterocycles. The first kappa shape index (κ1) is 15.1. The number of halogens is 1. The van der Waals surface area contributed by atoms with Crippen molar-refractivity contribution < 1.29 is 4.79 Å². The van der Waals surface area contributed by atoms with Crippen molar-refractivity contribution in [3.05, 3.63) is 39.9 Å². The van der Waals surface area contributed by atoms with Gasteiger partial charge in [-0.1, -0.05) is 15.9 Å². The van der Waals surface area contributed by atoms with E-state index in [0.717, 1.165) is 14.9 Å². The predicted octanol–water partition coefficient (Wildman–Crippen LogP) is 2.59. The molecule has 1 amide bonds. The quantitative estimate of drug-likeness (QED) is 0.809. The first-order valence-corrected chi connectivity index (χ1v) is 7.84. The third-order valence-corrected chi connectivity index (χ3v) is 4.74. The maximum atomic E-state index is 11.8. The number of nitrogens with zero attached hydrogens (tertiary/aromatic N) is 2. The van der Waals surface area contributed by atoms with Crippen LogP contribution >= 0.6 is 27.7 Å². The highest BCUT2D eigenvalue weighted by Gasteiger charge is 2.07. The summed E-state index contributed by atoms with van der Waals surface area (Å²) in [6, 6.07) is 4.16. The number of nitrogens with one attached hydrogen (secondary N) is 2. The predicted molar refractivity (Wildman–Crippen MR) is 82.6 cm³/mol. The molecule has 0 aliphatic carbocycles. The molecule has 0 spiro atoms. The Labute approximate surface area is 130 Å². The van der Waals surface area contributed by atoms with Gasteiger partial charge in [0.1, 0.15) is 12.2 Å². The van der Waals surface area contributed by atoms with Gasteiger partial charge in [0, 0.05) is 9.37 Å². The minimum atomic E-state index is -0.0219. The molecule has 2 aromatic rings. The fourth-order valence-electron chi connectivity index (χ4n) is 1.60. The van der Waals surface area contributed by atoms with Crippen LogP contribution in [0.2, 0.25) is 0 Å². The molecule has 106 valence electrons. The largest absolute Gasteiger partial charge is 0.348 e. The molecule has 2 N–H and O–H groups in total. The van der Waals surface area contributed by atoms with Crippen molar-refractivity contribution in [2.24, 2.45) is 0 Å². The number of hydrogen-bond acceptors (Lipinski definition) is 4. The molecule has 0 aliphatic rings. The summed E-state index contributed by atoms with van der Waals surface area (Å²) in [6.07, 6.45) is 1.42. The number of rotatable bonds is 5. The van der Waals surface area contributed by atoms with Gasteiger partial charge in [-0.3, -0.25) is 9.89 Å². The second kappa shape index (κ2) is 6.90. The van der Waals surface area contributed by atoms with Crippen molar-refractivity contribution in [2.45, 2.75) is 25.3 Å². The number of thioether (sulfide) groups is 1. The number of carbonyl (C=O) groups excluding carboxylic acids is 1. The second-order valence-corrected chi connectivity index (χ2v) is 6.24. The third kappa shape index (κ3) is 4.08. The van der Waals surface area contributed by atoms with Gasteiger partial charge >= 0.3 is 0 Å². The van der Waals surface area contributed by atoms with Crippen LogP contribution in [-0.4, -0.2) is 26.8 Å². The van der Waals surface area contributed by atoms with Gasteiger partial charge in [-0.05, 0) is 37.1 Å². The highest BCUT2D eigenvalue weighted by Crippen LogP contribution is 2.28. The highest BCUT2D eigenvalue weighted by molar-refractivity contribution is 9.10. The van der Waals surface area contributed by atoms with Crippen molar-refractivity contribution in [3.63, 3.8) is 0 Å². The minimum Gasteiger partial charge on any atom is -0.348 e. The highest BCUT2D eigenvalue weighted by atomic mass is 79.9. The fraction of sp³-hybridized carbons (Fsp3) is 0.308. The van der Waals surface area contributed by atoms with Crippen LogP contribution in [0.15, 0.2) is 27.8 Å². The molecule has 0 fully saturated rings. The van der Waals surface area contributed by atoms with Gasteiger partial charge in [-0.25, -0.2) is 4.98 Å². The minimum absolute atomic E-state index is 0.0219. The van der Waals surface area contributed by atoms with Crippen LogP contribution in [0.1, 0.15) is 17.0 Å². The summed E-state index contributed by atoms with van der Waals surface area (Å²) in [4.78, 5) is 16.8. The van der Waals surface area contributed by atoms with Crippen LogP contribution in [0, 0.1) is 13.8 Å². The zero-order valence-corrected chi connectivity index (χ0v) is 13.6. The van der Waals surface area contributed by atoms with E-state index in [9.17, 15) is 4.79 Å². The molecule has 2 rings (SSSR count).